The molecular formula is C16H19N3OS. The fourth-order valence-electron chi connectivity index (χ4n) is 3.75. The first-order chi connectivity index (χ1) is 10.2. The molecule has 2 atom stereocenters. The molecular weight excluding hydrogens is 282 g/mol. The van der Waals surface area contributed by atoms with Crippen LogP contribution in [0.4, 0.5) is 0 Å². The summed E-state index contributed by atoms with van der Waals surface area (Å²) in [4.78, 5) is 21.1. The van der Waals surface area contributed by atoms with E-state index >= 15 is 0 Å². The zero-order valence-electron chi connectivity index (χ0n) is 12.1. The van der Waals surface area contributed by atoms with Gasteiger partial charge in [0.25, 0.3) is 5.91 Å². The van der Waals surface area contributed by atoms with E-state index in [1.807, 2.05) is 18.2 Å². The van der Waals surface area contributed by atoms with Crippen molar-refractivity contribution in [1.82, 2.24) is 15.2 Å². The van der Waals surface area contributed by atoms with Crippen LogP contribution >= 0.6 is 11.3 Å². The van der Waals surface area contributed by atoms with Gasteiger partial charge in [0, 0.05) is 23.7 Å². The third-order valence-corrected chi connectivity index (χ3v) is 6.05. The molecule has 5 heterocycles. The summed E-state index contributed by atoms with van der Waals surface area (Å²) < 4.78 is 0. The molecule has 5 heteroatoms. The number of hydrogen-bond acceptors (Lipinski definition) is 4. The van der Waals surface area contributed by atoms with Gasteiger partial charge in [-0.05, 0) is 50.9 Å². The Labute approximate surface area is 128 Å². The van der Waals surface area contributed by atoms with Crippen molar-refractivity contribution >= 4 is 27.5 Å². The Morgan fingerprint density at radius 2 is 2.24 bits per heavy atom. The molecule has 5 rings (SSSR count). The molecule has 1 amide bonds. The van der Waals surface area contributed by atoms with Gasteiger partial charge in [-0.2, -0.15) is 0 Å². The van der Waals surface area contributed by atoms with Crippen LogP contribution in [0.3, 0.4) is 0 Å². The molecule has 0 saturated carbocycles. The van der Waals surface area contributed by atoms with Gasteiger partial charge in [-0.3, -0.25) is 9.69 Å². The number of thiophene rings is 1. The van der Waals surface area contributed by atoms with E-state index in [0.717, 1.165) is 15.1 Å². The number of pyridine rings is 1. The van der Waals surface area contributed by atoms with Crippen molar-refractivity contribution in [3.8, 4) is 0 Å². The number of carbonyl (C=O) groups is 1. The average molecular weight is 301 g/mol. The number of aromatic nitrogens is 1. The van der Waals surface area contributed by atoms with Crippen molar-refractivity contribution in [2.75, 3.05) is 13.1 Å². The molecule has 3 aliphatic rings. The Hall–Kier alpha value is -1.46. The van der Waals surface area contributed by atoms with Gasteiger partial charge in [-0.25, -0.2) is 4.98 Å². The highest BCUT2D eigenvalue weighted by molar-refractivity contribution is 7.20. The van der Waals surface area contributed by atoms with E-state index in [1.165, 1.54) is 37.3 Å². The minimum atomic E-state index is 0.0589. The molecule has 0 aromatic carbocycles. The lowest BCUT2D eigenvalue weighted by Crippen LogP contribution is -2.62. The van der Waals surface area contributed by atoms with Gasteiger partial charge in [0.1, 0.15) is 4.83 Å². The highest BCUT2D eigenvalue weighted by Crippen LogP contribution is 2.32. The van der Waals surface area contributed by atoms with Crippen molar-refractivity contribution in [3.63, 3.8) is 0 Å². The maximum Gasteiger partial charge on any atom is 0.261 e. The van der Waals surface area contributed by atoms with Gasteiger partial charge >= 0.3 is 0 Å². The van der Waals surface area contributed by atoms with E-state index in [0.29, 0.717) is 12.0 Å². The minimum absolute atomic E-state index is 0.0589. The van der Waals surface area contributed by atoms with E-state index in [9.17, 15) is 4.79 Å². The third kappa shape index (κ3) is 2.24. The summed E-state index contributed by atoms with van der Waals surface area (Å²) in [6.07, 6.45) is 4.20. The summed E-state index contributed by atoms with van der Waals surface area (Å²) >= 11 is 1.48. The third-order valence-electron chi connectivity index (χ3n) is 4.99. The lowest BCUT2D eigenvalue weighted by Gasteiger charge is -2.49. The number of nitrogens with one attached hydrogen (secondary N) is 1. The van der Waals surface area contributed by atoms with Crippen molar-refractivity contribution in [2.45, 2.75) is 31.8 Å². The summed E-state index contributed by atoms with van der Waals surface area (Å²) in [5.74, 6) is 0.699. The molecule has 2 aromatic rings. The maximum absolute atomic E-state index is 12.6. The highest BCUT2D eigenvalue weighted by Gasteiger charge is 2.40. The van der Waals surface area contributed by atoms with Crippen LogP contribution in [0.1, 0.15) is 29.4 Å². The molecule has 1 N–H and O–H groups in total. The predicted octanol–water partition coefficient (Wildman–Crippen LogP) is 2.51. The van der Waals surface area contributed by atoms with Gasteiger partial charge in [-0.15, -0.1) is 11.3 Å². The van der Waals surface area contributed by atoms with Crippen molar-refractivity contribution in [3.05, 3.63) is 29.3 Å². The van der Waals surface area contributed by atoms with Crippen LogP contribution in [-0.4, -0.2) is 41.0 Å². The average Bonchev–Trinajstić information content (AvgIpc) is 2.95. The molecule has 4 nitrogen and oxygen atoms in total. The Bertz CT molecular complexity index is 640. The number of fused-ring (bicyclic) bond motifs is 4. The first-order valence-electron chi connectivity index (χ1n) is 7.62. The molecule has 3 fully saturated rings. The molecule has 110 valence electrons. The van der Waals surface area contributed by atoms with Crippen LogP contribution in [0.25, 0.3) is 10.2 Å². The Morgan fingerprint density at radius 3 is 2.95 bits per heavy atom. The van der Waals surface area contributed by atoms with Gasteiger partial charge in [0.15, 0.2) is 0 Å². The zero-order chi connectivity index (χ0) is 14.4. The first-order valence-corrected chi connectivity index (χ1v) is 8.43. The highest BCUT2D eigenvalue weighted by atomic mass is 32.1. The summed E-state index contributed by atoms with van der Waals surface area (Å²) in [5.41, 5.74) is 0. The molecule has 2 unspecified atom stereocenters. The monoisotopic (exact) mass is 301 g/mol. The van der Waals surface area contributed by atoms with Crippen LogP contribution in [-0.2, 0) is 0 Å². The zero-order valence-corrected chi connectivity index (χ0v) is 12.9. The van der Waals surface area contributed by atoms with Gasteiger partial charge in [-0.1, -0.05) is 6.07 Å². The predicted molar refractivity (Wildman–Crippen MR) is 84.6 cm³/mol. The standard InChI is InChI=1S/C16H19N3OS/c1-10-14(11-4-7-19(10)8-5-11)18-15(20)13-9-12-3-2-6-17-16(12)21-13/h2-3,6,9-11,14H,4-5,7-8H2,1H3,(H,18,20). The van der Waals surface area contributed by atoms with E-state index in [-0.39, 0.29) is 11.9 Å². The number of amides is 1. The van der Waals surface area contributed by atoms with Crippen molar-refractivity contribution in [2.24, 2.45) is 5.92 Å². The Balaban J connectivity index is 1.55. The molecule has 3 aliphatic heterocycles. The SMILES string of the molecule is CC1C(NC(=O)c2cc3cccnc3s2)C2CCN1CC2. The van der Waals surface area contributed by atoms with E-state index < -0.39 is 0 Å². The molecule has 3 saturated heterocycles. The van der Waals surface area contributed by atoms with Crippen LogP contribution in [0.15, 0.2) is 24.4 Å². The van der Waals surface area contributed by atoms with Crippen molar-refractivity contribution < 1.29 is 4.79 Å². The Morgan fingerprint density at radius 1 is 1.43 bits per heavy atom. The summed E-state index contributed by atoms with van der Waals surface area (Å²) in [7, 11) is 0. The van der Waals surface area contributed by atoms with Crippen molar-refractivity contribution in [1.29, 1.82) is 0 Å². The summed E-state index contributed by atoms with van der Waals surface area (Å²) in [5, 5.41) is 4.33. The Kier molecular flexibility index (Phi) is 3.19. The molecule has 0 spiro atoms. The van der Waals surface area contributed by atoms with Crippen LogP contribution in [0, 0.1) is 5.92 Å². The minimum Gasteiger partial charge on any atom is -0.347 e. The van der Waals surface area contributed by atoms with Gasteiger partial charge in [0.2, 0.25) is 0 Å². The second kappa shape index (κ2) is 5.07. The van der Waals surface area contributed by atoms with Crippen LogP contribution in [0.5, 0.6) is 0 Å². The number of rotatable bonds is 2. The van der Waals surface area contributed by atoms with E-state index in [1.54, 1.807) is 6.20 Å². The molecule has 2 aromatic heterocycles. The molecule has 0 radical (unpaired) electrons. The van der Waals surface area contributed by atoms with E-state index in [4.69, 9.17) is 0 Å². The number of piperidine rings is 3. The smallest absolute Gasteiger partial charge is 0.261 e. The largest absolute Gasteiger partial charge is 0.347 e. The number of hydrogen-bond donors (Lipinski definition) is 1. The first kappa shape index (κ1) is 13.2. The molecule has 21 heavy (non-hydrogen) atoms. The number of nitrogens with zero attached hydrogens (tertiary/aromatic N) is 2. The van der Waals surface area contributed by atoms with Crippen LogP contribution < -0.4 is 5.32 Å². The lowest BCUT2D eigenvalue weighted by atomic mass is 9.79. The molecule has 2 bridgehead atoms. The normalized spacial score (nSPS) is 31.5. The maximum atomic E-state index is 12.6. The van der Waals surface area contributed by atoms with Gasteiger partial charge < -0.3 is 5.32 Å². The quantitative estimate of drug-likeness (QED) is 0.927. The molecule has 0 aliphatic carbocycles. The fourth-order valence-corrected chi connectivity index (χ4v) is 4.66. The van der Waals surface area contributed by atoms with E-state index in [2.05, 4.69) is 22.1 Å². The fraction of sp³-hybridized carbons (Fsp3) is 0.500. The second-order valence-corrected chi connectivity index (χ2v) is 7.15. The lowest BCUT2D eigenvalue weighted by molar-refractivity contribution is 0.0218. The second-order valence-electron chi connectivity index (χ2n) is 6.12. The van der Waals surface area contributed by atoms with Crippen LogP contribution in [0.2, 0.25) is 0 Å². The summed E-state index contributed by atoms with van der Waals surface area (Å²) in [6, 6.07) is 6.61. The summed E-state index contributed by atoms with van der Waals surface area (Å²) in [6.45, 7) is 4.61. The topological polar surface area (TPSA) is 45.2 Å². The van der Waals surface area contributed by atoms with Gasteiger partial charge in [0.05, 0.1) is 4.88 Å². The number of carbonyl (C=O) groups excluding carboxylic acids is 1.